The van der Waals surface area contributed by atoms with Gasteiger partial charge in [0.1, 0.15) is 0 Å². The third-order valence-corrected chi connectivity index (χ3v) is 0. The molecule has 0 bridgehead atoms. The SMILES string of the molecule is [U].[U].[U].[U].[U].[U].[U].[U].[U].[U].[U].[U].[U].[U].[U].[U].[U].[U].[U].[U].[U].[U].[U].[U].[U].[U].[U].[U].[U].[U].[U].[U].[U].[U].[U].[U].[U].[U].[U].[U].[U].[U].[U].[U].[U].[U].[U].[U].[U].[U].[U].[U].[U].[U].[U].[U].[U].[U].[U].[U].[U].[U].[U].[U].[U].[U].[U].[U].[U].[U].[U].[U].[U].[U].[U].[U].[U].[U].[U].[U].[U].[U].[U].[U].[U].[U].[U].[U].[U].[U].[U].[U].[U].[U].[U].[U].[U].[U].[U]. The second-order valence-electron chi connectivity index (χ2n) is 0. The first-order valence-corrected chi connectivity index (χ1v) is 0. The van der Waals surface area contributed by atoms with Crippen molar-refractivity contribution in [2.24, 2.45) is 0 Å². The van der Waals surface area contributed by atoms with Gasteiger partial charge in [0.15, 0.2) is 0 Å². The molecule has 0 atom stereocenters. The molecule has 0 aliphatic heterocycles. The smallest absolute Gasteiger partial charge is 0 e. The van der Waals surface area contributed by atoms with Crippen LogP contribution in [-0.2, 0) is 0 Å². The minimum absolute atomic E-state index is 0. The van der Waals surface area contributed by atoms with Crippen LogP contribution in [0.2, 0.25) is 0 Å². The van der Waals surface area contributed by atoms with Gasteiger partial charge in [0.2, 0.25) is 0 Å². The molecule has 0 spiro atoms. The van der Waals surface area contributed by atoms with Crippen LogP contribution in [0.15, 0.2) is 0 Å². The van der Waals surface area contributed by atoms with Gasteiger partial charge in [-0.2, -0.15) is 0 Å². The van der Waals surface area contributed by atoms with Crippen molar-refractivity contribution in [1.29, 1.82) is 0 Å². The average molecular weight is 23600 g/mol. The van der Waals surface area contributed by atoms with Gasteiger partial charge in [0.05, 0.1) is 0 Å². The summed E-state index contributed by atoms with van der Waals surface area (Å²) < 4.78 is 0. The Labute approximate surface area is 2960 Å². The summed E-state index contributed by atoms with van der Waals surface area (Å²) in [5.41, 5.74) is 0. The summed E-state index contributed by atoms with van der Waals surface area (Å²) in [5, 5.41) is 0. The van der Waals surface area contributed by atoms with Gasteiger partial charge in [0.25, 0.3) is 0 Å². The van der Waals surface area contributed by atoms with Crippen LogP contribution >= 0.6 is 0 Å². The molecule has 0 saturated carbocycles. The Balaban J connectivity index is 0. The molecule has 0 fully saturated rings. The van der Waals surface area contributed by atoms with Crippen LogP contribution in [0.1, 0.15) is 0 Å². The van der Waals surface area contributed by atoms with E-state index in [4.69, 9.17) is 0 Å². The second-order valence-corrected chi connectivity index (χ2v) is 0. The zero-order valence-electron chi connectivity index (χ0n) is 49.5. The van der Waals surface area contributed by atoms with E-state index in [9.17, 15) is 0 Å². The molecule has 99 heteroatoms. The van der Waals surface area contributed by atoms with E-state index >= 15 is 0 Å². The first-order valence-electron chi connectivity index (χ1n) is 0. The van der Waals surface area contributed by atoms with Crippen molar-refractivity contribution in [3.05, 3.63) is 0 Å². The van der Waals surface area contributed by atoms with Crippen LogP contribution in [0, 0.1) is 3080 Å². The van der Waals surface area contributed by atoms with E-state index < -0.39 is 0 Å². The molecule has 0 N–H and O–H groups in total. The summed E-state index contributed by atoms with van der Waals surface area (Å²) >= 11 is 0. The van der Waals surface area contributed by atoms with Crippen LogP contribution in [0.3, 0.4) is 0 Å². The summed E-state index contributed by atoms with van der Waals surface area (Å²) in [6.07, 6.45) is 0. The molecule has 0 amide bonds. The molecule has 0 saturated heterocycles. The molecular weight excluding hydrogens is 23600 g/mol. The third kappa shape index (κ3) is 747. The average Bonchev–Trinajstić information content (AvgIpc) is 0. The summed E-state index contributed by atoms with van der Waals surface area (Å²) in [6.45, 7) is 0. The van der Waals surface area contributed by atoms with Crippen molar-refractivity contribution in [2.75, 3.05) is 0 Å². The summed E-state index contributed by atoms with van der Waals surface area (Å²) in [5.74, 6) is 0. The normalized spacial score (nSPS) is 0. The first-order chi connectivity index (χ1) is 0. The maximum Gasteiger partial charge on any atom is 0 e. The third-order valence-electron chi connectivity index (χ3n) is 0. The van der Waals surface area contributed by atoms with E-state index in [0.29, 0.717) is 0 Å². The van der Waals surface area contributed by atoms with Crippen LogP contribution in [0.25, 0.3) is 0 Å². The fraction of sp³-hybridized carbons (Fsp3) is 0. The Hall–Kier alpha value is 104. The molecule has 0 aliphatic carbocycles. The number of rotatable bonds is 0. The molecule has 0 unspecified atom stereocenters. The first kappa shape index (κ1) is 765. The van der Waals surface area contributed by atoms with E-state index in [0.717, 1.165) is 0 Å². The van der Waals surface area contributed by atoms with Crippen molar-refractivity contribution in [2.45, 2.75) is 0 Å². The summed E-state index contributed by atoms with van der Waals surface area (Å²) in [4.78, 5) is 0. The van der Waals surface area contributed by atoms with Gasteiger partial charge < -0.3 is 0 Å². The van der Waals surface area contributed by atoms with E-state index in [1.165, 1.54) is 0 Å². The monoisotopic (exact) mass is 23600 g/mol. The predicted molar refractivity (Wildman–Crippen MR) is 0 cm³/mol. The molecule has 0 aromatic heterocycles. The quantitative estimate of drug-likeness (QED) is 0.321. The molecule has 0 aliphatic rings. The van der Waals surface area contributed by atoms with Crippen molar-refractivity contribution < 1.29 is 3080 Å². The van der Waals surface area contributed by atoms with Crippen molar-refractivity contribution in [3.63, 3.8) is 0 Å². The topological polar surface area (TPSA) is 0 Å². The van der Waals surface area contributed by atoms with Crippen LogP contribution in [0.4, 0.5) is 0 Å². The molecule has 0 nitrogen and oxygen atoms in total. The van der Waals surface area contributed by atoms with Gasteiger partial charge in [0, 0.05) is 3080 Å². The molecule has 99 heavy (non-hydrogen) atoms. The van der Waals surface area contributed by atoms with Gasteiger partial charge in [-0.3, -0.25) is 0 Å². The Bertz CT molecular complexity index is 0. The van der Waals surface area contributed by atoms with Gasteiger partial charge in [-0.15, -0.1) is 0 Å². The standard InChI is InChI=1S/99U. The van der Waals surface area contributed by atoms with Crippen LogP contribution in [-0.4, -0.2) is 0 Å². The summed E-state index contributed by atoms with van der Waals surface area (Å²) in [6, 6.07) is 0. The van der Waals surface area contributed by atoms with Gasteiger partial charge >= 0.3 is 0 Å². The Morgan fingerprint density at radius 1 is 0.0101 bits per heavy atom. The zero-order valence-corrected chi connectivity index (χ0v) is 462. The molecule has 0 aromatic carbocycles. The minimum atomic E-state index is 0. The molecular formula is U99. The molecule has 0 rings (SSSR count). The van der Waals surface area contributed by atoms with E-state index in [1.54, 1.807) is 0 Å². The maximum atomic E-state index is 0. The second kappa shape index (κ2) is 754. The molecule has 0 heterocycles. The predicted octanol–water partition coefficient (Wildman–Crippen LogP) is 0. The Morgan fingerprint density at radius 3 is 0.0101 bits per heavy atom. The molecule has 396 valence electrons. The van der Waals surface area contributed by atoms with Crippen molar-refractivity contribution in [1.82, 2.24) is 0 Å². The molecule has 0 aromatic rings. The van der Waals surface area contributed by atoms with Gasteiger partial charge in [-0.1, -0.05) is 0 Å². The van der Waals surface area contributed by atoms with E-state index in [2.05, 4.69) is 0 Å². The van der Waals surface area contributed by atoms with Crippen LogP contribution < -0.4 is 0 Å². The Morgan fingerprint density at radius 2 is 0.0101 bits per heavy atom. The number of hydrogen-bond acceptors (Lipinski definition) is 0. The van der Waals surface area contributed by atoms with Gasteiger partial charge in [-0.25, -0.2) is 0 Å². The van der Waals surface area contributed by atoms with E-state index in [-0.39, 0.29) is 3080 Å². The fourth-order valence-electron chi connectivity index (χ4n) is 0. The van der Waals surface area contributed by atoms with E-state index in [1.807, 2.05) is 0 Å². The molecule has 0 radical (unpaired) electrons. The number of hydrogen-bond donors (Lipinski definition) is 0. The van der Waals surface area contributed by atoms with Gasteiger partial charge in [-0.05, 0) is 0 Å². The van der Waals surface area contributed by atoms with Crippen LogP contribution in [0.5, 0.6) is 0 Å². The largest absolute Gasteiger partial charge is 0 e. The minimum Gasteiger partial charge on any atom is 0 e. The zero-order chi connectivity index (χ0) is 0. The Kier molecular flexibility index (Phi) is 5830. The van der Waals surface area contributed by atoms with Crippen molar-refractivity contribution in [3.8, 4) is 0 Å². The maximum absolute atomic E-state index is 0. The summed E-state index contributed by atoms with van der Waals surface area (Å²) in [7, 11) is 0. The van der Waals surface area contributed by atoms with Crippen molar-refractivity contribution >= 4 is 0 Å². The fourth-order valence-corrected chi connectivity index (χ4v) is 0.